The summed E-state index contributed by atoms with van der Waals surface area (Å²) < 4.78 is 5.27. The van der Waals surface area contributed by atoms with Gasteiger partial charge in [0.15, 0.2) is 0 Å². The zero-order chi connectivity index (χ0) is 23.3. The summed E-state index contributed by atoms with van der Waals surface area (Å²) in [5.74, 6) is -1.82. The minimum absolute atomic E-state index is 0.0299. The minimum atomic E-state index is -1.11. The Morgan fingerprint density at radius 3 is 2.25 bits per heavy atom. The number of hydrogen-bond acceptors (Lipinski definition) is 4. The molecule has 0 spiro atoms. The largest absolute Gasteiger partial charge is 0.478 e. The zero-order valence-corrected chi connectivity index (χ0v) is 18.0. The van der Waals surface area contributed by atoms with Crippen LogP contribution in [-0.4, -0.2) is 22.9 Å². The van der Waals surface area contributed by atoms with Gasteiger partial charge in [-0.25, -0.2) is 4.79 Å². The standard InChI is InChI=1S/C25H24N2O5/c1-25(2,3)18-11-9-16(10-12-18)22(28)27-21(15-20-8-5-13-32-20)23(29)26-19-7-4-6-17(14-19)24(30)31/h4-15H,1-3H3,(H,26,29)(H,27,28)(H,30,31). The lowest BCUT2D eigenvalue weighted by molar-refractivity contribution is -0.113. The van der Waals surface area contributed by atoms with Gasteiger partial charge in [-0.05, 0) is 53.4 Å². The van der Waals surface area contributed by atoms with E-state index >= 15 is 0 Å². The molecule has 0 aliphatic heterocycles. The second-order valence-corrected chi connectivity index (χ2v) is 8.19. The quantitative estimate of drug-likeness (QED) is 0.490. The van der Waals surface area contributed by atoms with Crippen molar-refractivity contribution < 1.29 is 23.9 Å². The van der Waals surface area contributed by atoms with E-state index in [4.69, 9.17) is 9.52 Å². The van der Waals surface area contributed by atoms with Gasteiger partial charge in [-0.3, -0.25) is 9.59 Å². The molecule has 1 heterocycles. The molecule has 164 valence electrons. The van der Waals surface area contributed by atoms with Crippen molar-refractivity contribution >= 4 is 29.5 Å². The van der Waals surface area contributed by atoms with Gasteiger partial charge in [0.1, 0.15) is 11.5 Å². The molecule has 2 aromatic carbocycles. The van der Waals surface area contributed by atoms with Gasteiger partial charge in [0, 0.05) is 17.3 Å². The predicted octanol–water partition coefficient (Wildman–Crippen LogP) is 4.68. The maximum absolute atomic E-state index is 12.9. The fourth-order valence-corrected chi connectivity index (χ4v) is 2.92. The SMILES string of the molecule is CC(C)(C)c1ccc(C(=O)NC(=Cc2ccco2)C(=O)Nc2cccc(C(=O)O)c2)cc1. The maximum Gasteiger partial charge on any atom is 0.335 e. The zero-order valence-electron chi connectivity index (χ0n) is 18.0. The average molecular weight is 432 g/mol. The number of anilines is 1. The number of carboxylic acids is 1. The molecule has 0 aliphatic carbocycles. The third-order valence-corrected chi connectivity index (χ3v) is 4.70. The number of rotatable bonds is 6. The third-order valence-electron chi connectivity index (χ3n) is 4.70. The fourth-order valence-electron chi connectivity index (χ4n) is 2.92. The van der Waals surface area contributed by atoms with Gasteiger partial charge >= 0.3 is 5.97 Å². The number of carboxylic acid groups (broad SMARTS) is 1. The van der Waals surface area contributed by atoms with E-state index in [0.717, 1.165) is 5.56 Å². The highest BCUT2D eigenvalue weighted by Gasteiger charge is 2.18. The van der Waals surface area contributed by atoms with Gasteiger partial charge in [-0.2, -0.15) is 0 Å². The predicted molar refractivity (Wildman–Crippen MR) is 121 cm³/mol. The van der Waals surface area contributed by atoms with Crippen LogP contribution in [0, 0.1) is 0 Å². The lowest BCUT2D eigenvalue weighted by Crippen LogP contribution is -2.30. The highest BCUT2D eigenvalue weighted by atomic mass is 16.4. The van der Waals surface area contributed by atoms with E-state index in [1.807, 2.05) is 12.1 Å². The molecule has 32 heavy (non-hydrogen) atoms. The van der Waals surface area contributed by atoms with Gasteiger partial charge in [0.2, 0.25) is 0 Å². The highest BCUT2D eigenvalue weighted by molar-refractivity contribution is 6.10. The molecule has 0 atom stereocenters. The first kappa shape index (κ1) is 22.6. The number of nitrogens with one attached hydrogen (secondary N) is 2. The monoisotopic (exact) mass is 432 g/mol. The van der Waals surface area contributed by atoms with Crippen molar-refractivity contribution in [2.24, 2.45) is 0 Å². The van der Waals surface area contributed by atoms with Crippen LogP contribution in [0.4, 0.5) is 5.69 Å². The van der Waals surface area contributed by atoms with E-state index in [1.165, 1.54) is 30.5 Å². The number of hydrogen-bond donors (Lipinski definition) is 3. The molecule has 3 aromatic rings. The van der Waals surface area contributed by atoms with Crippen LogP contribution in [0.2, 0.25) is 0 Å². The van der Waals surface area contributed by atoms with Crippen molar-refractivity contribution in [3.8, 4) is 0 Å². The third kappa shape index (κ3) is 5.72. The second-order valence-electron chi connectivity index (χ2n) is 8.19. The van der Waals surface area contributed by atoms with E-state index in [9.17, 15) is 14.4 Å². The normalized spacial score (nSPS) is 11.7. The molecule has 0 aliphatic rings. The van der Waals surface area contributed by atoms with Crippen molar-refractivity contribution in [3.05, 3.63) is 95.1 Å². The number of carbonyl (C=O) groups excluding carboxylic acids is 2. The first-order chi connectivity index (χ1) is 15.1. The van der Waals surface area contributed by atoms with Crippen LogP contribution in [0.15, 0.2) is 77.0 Å². The Balaban J connectivity index is 1.83. The molecule has 0 bridgehead atoms. The Labute approximate surface area is 185 Å². The Bertz CT molecular complexity index is 1150. The summed E-state index contributed by atoms with van der Waals surface area (Å²) in [7, 11) is 0. The van der Waals surface area contributed by atoms with Crippen molar-refractivity contribution in [1.29, 1.82) is 0 Å². The molecule has 7 nitrogen and oxygen atoms in total. The molecule has 0 fully saturated rings. The summed E-state index contributed by atoms with van der Waals surface area (Å²) in [5, 5.41) is 14.4. The van der Waals surface area contributed by atoms with Crippen LogP contribution in [0.25, 0.3) is 6.08 Å². The van der Waals surface area contributed by atoms with Crippen LogP contribution in [0.3, 0.4) is 0 Å². The number of benzene rings is 2. The molecule has 0 unspecified atom stereocenters. The molecule has 0 saturated heterocycles. The molecule has 7 heteroatoms. The van der Waals surface area contributed by atoms with Crippen molar-refractivity contribution in [2.45, 2.75) is 26.2 Å². The Kier molecular flexibility index (Phi) is 6.59. The van der Waals surface area contributed by atoms with Crippen LogP contribution >= 0.6 is 0 Å². The molecule has 2 amide bonds. The first-order valence-electron chi connectivity index (χ1n) is 9.95. The first-order valence-corrected chi connectivity index (χ1v) is 9.95. The van der Waals surface area contributed by atoms with Gasteiger partial charge < -0.3 is 20.2 Å². The summed E-state index contributed by atoms with van der Waals surface area (Å²) in [6.45, 7) is 6.24. The molecule has 0 saturated carbocycles. The van der Waals surface area contributed by atoms with Gasteiger partial charge in [-0.1, -0.05) is 39.0 Å². The smallest absolute Gasteiger partial charge is 0.335 e. The van der Waals surface area contributed by atoms with E-state index in [-0.39, 0.29) is 22.4 Å². The van der Waals surface area contributed by atoms with Crippen LogP contribution in [-0.2, 0) is 10.2 Å². The number of furan rings is 1. The lowest BCUT2D eigenvalue weighted by atomic mass is 9.87. The summed E-state index contributed by atoms with van der Waals surface area (Å²) in [4.78, 5) is 36.9. The van der Waals surface area contributed by atoms with E-state index in [2.05, 4.69) is 31.4 Å². The molecular weight excluding hydrogens is 408 g/mol. The van der Waals surface area contributed by atoms with Gasteiger partial charge in [0.25, 0.3) is 11.8 Å². The molecular formula is C25H24N2O5. The van der Waals surface area contributed by atoms with Crippen LogP contribution in [0.1, 0.15) is 52.8 Å². The van der Waals surface area contributed by atoms with Crippen molar-refractivity contribution in [1.82, 2.24) is 5.32 Å². The van der Waals surface area contributed by atoms with Crippen LogP contribution < -0.4 is 10.6 Å². The fraction of sp³-hybridized carbons (Fsp3) is 0.160. The van der Waals surface area contributed by atoms with E-state index in [1.54, 1.807) is 30.3 Å². The summed E-state index contributed by atoms with van der Waals surface area (Å²) in [6.07, 6.45) is 2.85. The van der Waals surface area contributed by atoms with E-state index < -0.39 is 17.8 Å². The number of carbonyl (C=O) groups is 3. The molecule has 1 aromatic heterocycles. The molecule has 3 N–H and O–H groups in total. The molecule has 0 radical (unpaired) electrons. The van der Waals surface area contributed by atoms with E-state index in [0.29, 0.717) is 11.3 Å². The number of amides is 2. The maximum atomic E-state index is 12.9. The summed E-state index contributed by atoms with van der Waals surface area (Å²) >= 11 is 0. The number of aromatic carboxylic acids is 1. The Hall–Kier alpha value is -4.13. The Morgan fingerprint density at radius 1 is 0.938 bits per heavy atom. The summed E-state index contributed by atoms with van der Waals surface area (Å²) in [6, 6.07) is 16.3. The Morgan fingerprint density at radius 2 is 1.66 bits per heavy atom. The van der Waals surface area contributed by atoms with Crippen LogP contribution in [0.5, 0.6) is 0 Å². The molecule has 3 rings (SSSR count). The highest BCUT2D eigenvalue weighted by Crippen LogP contribution is 2.22. The minimum Gasteiger partial charge on any atom is -0.478 e. The lowest BCUT2D eigenvalue weighted by Gasteiger charge is -2.19. The average Bonchev–Trinajstić information content (AvgIpc) is 3.26. The second kappa shape index (κ2) is 9.34. The van der Waals surface area contributed by atoms with Gasteiger partial charge in [-0.15, -0.1) is 0 Å². The van der Waals surface area contributed by atoms with Crippen molar-refractivity contribution in [3.63, 3.8) is 0 Å². The van der Waals surface area contributed by atoms with Gasteiger partial charge in [0.05, 0.1) is 11.8 Å². The summed E-state index contributed by atoms with van der Waals surface area (Å²) in [5.41, 5.74) is 1.68. The van der Waals surface area contributed by atoms with Crippen molar-refractivity contribution in [2.75, 3.05) is 5.32 Å². The topological polar surface area (TPSA) is 109 Å².